The second kappa shape index (κ2) is 7.61. The Morgan fingerprint density at radius 2 is 1.88 bits per heavy atom. The van der Waals surface area contributed by atoms with Gasteiger partial charge >= 0.3 is 5.69 Å². The van der Waals surface area contributed by atoms with Gasteiger partial charge in [-0.05, 0) is 25.3 Å². The molecule has 26 heavy (non-hydrogen) atoms. The Balaban J connectivity index is 1.73. The quantitative estimate of drug-likeness (QED) is 0.550. The number of nitro benzene ring substituents is 1. The van der Waals surface area contributed by atoms with Gasteiger partial charge in [0.15, 0.2) is 22.2 Å². The summed E-state index contributed by atoms with van der Waals surface area (Å²) in [4.78, 5) is 25.0. The average molecular weight is 382 g/mol. The number of rotatable bonds is 6. The van der Waals surface area contributed by atoms with Crippen molar-refractivity contribution in [3.05, 3.63) is 34.4 Å². The van der Waals surface area contributed by atoms with E-state index in [1.165, 1.54) is 18.2 Å². The standard InChI is InChI=1S/C17H22N2O6S/c20-17(11-25-16-8-4-3-7-15(16)19(21)22)18(13-5-1-2-6-13)14-9-10-26(23,24)12-14/h3-4,7-8,13-14H,1-2,5-6,9-12H2. The van der Waals surface area contributed by atoms with Crippen molar-refractivity contribution >= 4 is 21.4 Å². The fraction of sp³-hybridized carbons (Fsp3) is 0.588. The lowest BCUT2D eigenvalue weighted by atomic mass is 10.1. The largest absolute Gasteiger partial charge is 0.477 e. The van der Waals surface area contributed by atoms with E-state index in [4.69, 9.17) is 4.74 Å². The summed E-state index contributed by atoms with van der Waals surface area (Å²) in [6.07, 6.45) is 4.18. The molecule has 1 atom stereocenters. The van der Waals surface area contributed by atoms with Crippen molar-refractivity contribution in [3.8, 4) is 5.75 Å². The Morgan fingerprint density at radius 3 is 2.50 bits per heavy atom. The molecule has 1 amide bonds. The predicted octanol–water partition coefficient (Wildman–Crippen LogP) is 1.93. The van der Waals surface area contributed by atoms with Gasteiger partial charge in [-0.3, -0.25) is 14.9 Å². The van der Waals surface area contributed by atoms with E-state index in [0.29, 0.717) is 6.42 Å². The molecule has 1 heterocycles. The maximum absolute atomic E-state index is 12.8. The van der Waals surface area contributed by atoms with Crippen LogP contribution in [0, 0.1) is 10.1 Å². The van der Waals surface area contributed by atoms with Gasteiger partial charge in [0, 0.05) is 18.2 Å². The first-order valence-corrected chi connectivity index (χ1v) is 10.6. The van der Waals surface area contributed by atoms with Crippen molar-refractivity contribution in [1.82, 2.24) is 4.90 Å². The van der Waals surface area contributed by atoms with E-state index in [2.05, 4.69) is 0 Å². The summed E-state index contributed by atoms with van der Waals surface area (Å²) >= 11 is 0. The highest BCUT2D eigenvalue weighted by molar-refractivity contribution is 7.91. The minimum Gasteiger partial charge on any atom is -0.477 e. The van der Waals surface area contributed by atoms with E-state index in [1.807, 2.05) is 0 Å². The van der Waals surface area contributed by atoms with E-state index in [0.717, 1.165) is 25.7 Å². The van der Waals surface area contributed by atoms with Crippen LogP contribution in [0.5, 0.6) is 5.75 Å². The average Bonchev–Trinajstić information content (AvgIpc) is 3.23. The molecule has 3 rings (SSSR count). The summed E-state index contributed by atoms with van der Waals surface area (Å²) in [6, 6.07) is 5.59. The number of sulfone groups is 1. The van der Waals surface area contributed by atoms with Crippen LogP contribution in [-0.4, -0.2) is 54.3 Å². The lowest BCUT2D eigenvalue weighted by molar-refractivity contribution is -0.385. The van der Waals surface area contributed by atoms with Crippen LogP contribution in [0.25, 0.3) is 0 Å². The lowest BCUT2D eigenvalue weighted by Crippen LogP contribution is -2.48. The molecule has 0 bridgehead atoms. The van der Waals surface area contributed by atoms with Crippen LogP contribution >= 0.6 is 0 Å². The number of hydrogen-bond donors (Lipinski definition) is 0. The molecule has 9 heteroatoms. The summed E-state index contributed by atoms with van der Waals surface area (Å²) in [5.41, 5.74) is -0.198. The van der Waals surface area contributed by atoms with Gasteiger partial charge in [0.2, 0.25) is 0 Å². The van der Waals surface area contributed by atoms with Gasteiger partial charge in [-0.25, -0.2) is 8.42 Å². The molecule has 2 fully saturated rings. The van der Waals surface area contributed by atoms with Crippen LogP contribution in [0.1, 0.15) is 32.1 Å². The predicted molar refractivity (Wildman–Crippen MR) is 94.8 cm³/mol. The number of ether oxygens (including phenoxy) is 1. The zero-order valence-electron chi connectivity index (χ0n) is 14.4. The van der Waals surface area contributed by atoms with Crippen molar-refractivity contribution in [2.45, 2.75) is 44.2 Å². The lowest BCUT2D eigenvalue weighted by Gasteiger charge is -2.34. The number of para-hydroxylation sites is 2. The number of nitro groups is 1. The minimum absolute atomic E-state index is 0.0132. The Hall–Kier alpha value is -2.16. The Labute approximate surface area is 152 Å². The Morgan fingerprint density at radius 1 is 1.19 bits per heavy atom. The van der Waals surface area contributed by atoms with Crippen molar-refractivity contribution in [2.24, 2.45) is 0 Å². The molecule has 1 aliphatic heterocycles. The van der Waals surface area contributed by atoms with Crippen molar-refractivity contribution in [2.75, 3.05) is 18.1 Å². The van der Waals surface area contributed by atoms with Crippen LogP contribution < -0.4 is 4.74 Å². The maximum Gasteiger partial charge on any atom is 0.310 e. The van der Waals surface area contributed by atoms with Crippen LogP contribution in [0.3, 0.4) is 0 Å². The minimum atomic E-state index is -3.11. The summed E-state index contributed by atoms with van der Waals surface area (Å²) in [7, 11) is -3.11. The van der Waals surface area contributed by atoms with Crippen LogP contribution in [-0.2, 0) is 14.6 Å². The Kier molecular flexibility index (Phi) is 5.45. The van der Waals surface area contributed by atoms with Gasteiger partial charge in [0.25, 0.3) is 5.91 Å². The Bertz CT molecular complexity index is 788. The topological polar surface area (TPSA) is 107 Å². The van der Waals surface area contributed by atoms with Gasteiger partial charge in [-0.2, -0.15) is 0 Å². The molecule has 8 nitrogen and oxygen atoms in total. The normalized spacial score (nSPS) is 22.2. The van der Waals surface area contributed by atoms with E-state index >= 15 is 0 Å². The second-order valence-electron chi connectivity index (χ2n) is 6.81. The van der Waals surface area contributed by atoms with Crippen molar-refractivity contribution < 1.29 is 22.9 Å². The van der Waals surface area contributed by atoms with Crippen LogP contribution in [0.4, 0.5) is 5.69 Å². The van der Waals surface area contributed by atoms with Crippen LogP contribution in [0.2, 0.25) is 0 Å². The third kappa shape index (κ3) is 4.14. The zero-order chi connectivity index (χ0) is 18.7. The molecule has 0 spiro atoms. The second-order valence-corrected chi connectivity index (χ2v) is 9.04. The number of carbonyl (C=O) groups is 1. The molecule has 1 saturated heterocycles. The number of benzene rings is 1. The molecule has 1 unspecified atom stereocenters. The third-order valence-corrected chi connectivity index (χ3v) is 6.77. The molecule has 1 aromatic rings. The first-order valence-electron chi connectivity index (χ1n) is 8.75. The molecule has 1 aromatic carbocycles. The number of hydrogen-bond acceptors (Lipinski definition) is 6. The highest BCUT2D eigenvalue weighted by Gasteiger charge is 2.39. The SMILES string of the molecule is O=C(COc1ccccc1[N+](=O)[O-])N(C1CCCC1)C1CCS(=O)(=O)C1. The summed E-state index contributed by atoms with van der Waals surface area (Å²) in [5, 5.41) is 11.1. The van der Waals surface area contributed by atoms with Crippen LogP contribution in [0.15, 0.2) is 24.3 Å². The van der Waals surface area contributed by atoms with Gasteiger partial charge < -0.3 is 9.64 Å². The van der Waals surface area contributed by atoms with E-state index in [-0.39, 0.29) is 47.5 Å². The molecule has 0 radical (unpaired) electrons. The molecule has 142 valence electrons. The molecule has 0 aromatic heterocycles. The zero-order valence-corrected chi connectivity index (χ0v) is 15.2. The summed E-state index contributed by atoms with van der Waals surface area (Å²) in [6.45, 7) is -0.335. The van der Waals surface area contributed by atoms with E-state index in [1.54, 1.807) is 11.0 Å². The van der Waals surface area contributed by atoms with Gasteiger partial charge in [0.05, 0.1) is 16.4 Å². The van der Waals surface area contributed by atoms with Gasteiger partial charge in [-0.1, -0.05) is 25.0 Å². The molecule has 2 aliphatic rings. The van der Waals surface area contributed by atoms with Crippen molar-refractivity contribution in [1.29, 1.82) is 0 Å². The van der Waals surface area contributed by atoms with Crippen molar-refractivity contribution in [3.63, 3.8) is 0 Å². The van der Waals surface area contributed by atoms with E-state index in [9.17, 15) is 23.3 Å². The van der Waals surface area contributed by atoms with E-state index < -0.39 is 14.8 Å². The first kappa shape index (κ1) is 18.6. The molecule has 1 saturated carbocycles. The summed E-state index contributed by atoms with van der Waals surface area (Å²) in [5.74, 6) is -0.187. The molecule has 0 N–H and O–H groups in total. The highest BCUT2D eigenvalue weighted by Crippen LogP contribution is 2.30. The highest BCUT2D eigenvalue weighted by atomic mass is 32.2. The molecular formula is C17H22N2O6S. The fourth-order valence-corrected chi connectivity index (χ4v) is 5.54. The number of carbonyl (C=O) groups excluding carboxylic acids is 1. The monoisotopic (exact) mass is 382 g/mol. The number of amides is 1. The molecular weight excluding hydrogens is 360 g/mol. The third-order valence-electron chi connectivity index (χ3n) is 5.02. The summed E-state index contributed by atoms with van der Waals surface area (Å²) < 4.78 is 29.1. The van der Waals surface area contributed by atoms with Gasteiger partial charge in [0.1, 0.15) is 0 Å². The first-order chi connectivity index (χ1) is 12.4. The fourth-order valence-electron chi connectivity index (χ4n) is 3.83. The van der Waals surface area contributed by atoms with Gasteiger partial charge in [-0.15, -0.1) is 0 Å². The molecule has 1 aliphatic carbocycles. The number of nitrogens with zero attached hydrogens (tertiary/aromatic N) is 2. The smallest absolute Gasteiger partial charge is 0.310 e. The maximum atomic E-state index is 12.8.